The molecular formula is C23H20O2. The minimum atomic E-state index is -0.668. The lowest BCUT2D eigenvalue weighted by molar-refractivity contribution is -0.144. The smallest absolute Gasteiger partial charge is 0.317 e. The number of carbonyl (C=O) groups excluding carboxylic acids is 1. The molecule has 0 aromatic heterocycles. The minimum Gasteiger partial charge on any atom is -0.468 e. The Balaban J connectivity index is 1.92. The molecule has 1 fully saturated rings. The molecule has 1 unspecified atom stereocenters. The summed E-state index contributed by atoms with van der Waals surface area (Å²) >= 11 is 0. The summed E-state index contributed by atoms with van der Waals surface area (Å²) in [6.45, 7) is 0. The van der Waals surface area contributed by atoms with Crippen LogP contribution in [0.3, 0.4) is 0 Å². The standard InChI is InChI=1S/C23H20O2/c1-25-22(24)23(19-15-9-4-10-16-19)20(17-11-5-2-6-12-17)21(23)18-13-7-3-8-14-18/h2-16,20-21H,1H3/t20-,21+,23?. The second-order valence-corrected chi connectivity index (χ2v) is 6.50. The number of esters is 1. The number of benzene rings is 3. The third-order valence-electron chi connectivity index (χ3n) is 5.30. The van der Waals surface area contributed by atoms with Crippen LogP contribution in [0.4, 0.5) is 0 Å². The van der Waals surface area contributed by atoms with Crippen molar-refractivity contribution < 1.29 is 9.53 Å². The van der Waals surface area contributed by atoms with Gasteiger partial charge in [-0.05, 0) is 16.7 Å². The van der Waals surface area contributed by atoms with Gasteiger partial charge in [0.05, 0.1) is 7.11 Å². The molecule has 124 valence electrons. The van der Waals surface area contributed by atoms with Gasteiger partial charge >= 0.3 is 5.97 Å². The van der Waals surface area contributed by atoms with E-state index in [-0.39, 0.29) is 17.8 Å². The van der Waals surface area contributed by atoms with Gasteiger partial charge in [-0.3, -0.25) is 4.79 Å². The van der Waals surface area contributed by atoms with Gasteiger partial charge in [0.1, 0.15) is 5.41 Å². The molecule has 2 heteroatoms. The van der Waals surface area contributed by atoms with Crippen molar-refractivity contribution in [1.29, 1.82) is 0 Å². The largest absolute Gasteiger partial charge is 0.468 e. The van der Waals surface area contributed by atoms with E-state index in [4.69, 9.17) is 4.74 Å². The van der Waals surface area contributed by atoms with Crippen LogP contribution >= 0.6 is 0 Å². The lowest BCUT2D eigenvalue weighted by atomic mass is 9.89. The van der Waals surface area contributed by atoms with Gasteiger partial charge in [0, 0.05) is 11.8 Å². The summed E-state index contributed by atoms with van der Waals surface area (Å²) in [4.78, 5) is 13.0. The second-order valence-electron chi connectivity index (χ2n) is 6.50. The van der Waals surface area contributed by atoms with Crippen LogP contribution in [0.25, 0.3) is 0 Å². The first-order valence-corrected chi connectivity index (χ1v) is 8.54. The van der Waals surface area contributed by atoms with Crippen molar-refractivity contribution in [3.05, 3.63) is 108 Å². The maximum atomic E-state index is 13.0. The molecule has 0 bridgehead atoms. The number of hydrogen-bond acceptors (Lipinski definition) is 2. The van der Waals surface area contributed by atoms with E-state index in [0.717, 1.165) is 5.56 Å². The highest BCUT2D eigenvalue weighted by Crippen LogP contribution is 2.71. The molecule has 1 saturated carbocycles. The van der Waals surface area contributed by atoms with Crippen molar-refractivity contribution in [3.8, 4) is 0 Å². The summed E-state index contributed by atoms with van der Waals surface area (Å²) in [7, 11) is 1.48. The molecule has 0 spiro atoms. The van der Waals surface area contributed by atoms with E-state index < -0.39 is 5.41 Å². The van der Waals surface area contributed by atoms with Crippen LogP contribution < -0.4 is 0 Å². The predicted molar refractivity (Wildman–Crippen MR) is 98.5 cm³/mol. The molecule has 3 aromatic carbocycles. The molecule has 0 aliphatic heterocycles. The van der Waals surface area contributed by atoms with Crippen molar-refractivity contribution in [2.24, 2.45) is 0 Å². The third kappa shape index (κ3) is 2.37. The van der Waals surface area contributed by atoms with Crippen LogP contribution in [0, 0.1) is 0 Å². The summed E-state index contributed by atoms with van der Waals surface area (Å²) < 4.78 is 5.30. The van der Waals surface area contributed by atoms with Gasteiger partial charge in [-0.1, -0.05) is 91.0 Å². The Hall–Kier alpha value is -2.87. The molecule has 0 heterocycles. The van der Waals surface area contributed by atoms with Gasteiger partial charge in [-0.25, -0.2) is 0 Å². The minimum absolute atomic E-state index is 0.0750. The van der Waals surface area contributed by atoms with Crippen molar-refractivity contribution in [2.75, 3.05) is 7.11 Å². The molecule has 0 radical (unpaired) electrons. The normalized spacial score (nSPS) is 24.5. The Morgan fingerprint density at radius 1 is 0.720 bits per heavy atom. The quantitative estimate of drug-likeness (QED) is 0.650. The Bertz CT molecular complexity index is 811. The molecule has 0 saturated heterocycles. The predicted octanol–water partition coefficient (Wildman–Crippen LogP) is 4.68. The summed E-state index contributed by atoms with van der Waals surface area (Å²) in [6.07, 6.45) is 0. The van der Waals surface area contributed by atoms with Gasteiger partial charge in [-0.15, -0.1) is 0 Å². The fourth-order valence-corrected chi connectivity index (χ4v) is 4.23. The summed E-state index contributed by atoms with van der Waals surface area (Å²) in [6, 6.07) is 30.6. The van der Waals surface area contributed by atoms with E-state index in [1.807, 2.05) is 66.7 Å². The van der Waals surface area contributed by atoms with E-state index >= 15 is 0 Å². The van der Waals surface area contributed by atoms with Gasteiger partial charge in [0.2, 0.25) is 0 Å². The molecule has 0 amide bonds. The van der Waals surface area contributed by atoms with Crippen LogP contribution in [-0.2, 0) is 14.9 Å². The van der Waals surface area contributed by atoms with Gasteiger partial charge < -0.3 is 4.74 Å². The maximum Gasteiger partial charge on any atom is 0.317 e. The van der Waals surface area contributed by atoms with Crippen LogP contribution in [0.15, 0.2) is 91.0 Å². The Morgan fingerprint density at radius 2 is 1.12 bits per heavy atom. The first-order valence-electron chi connectivity index (χ1n) is 8.54. The zero-order valence-electron chi connectivity index (χ0n) is 14.1. The van der Waals surface area contributed by atoms with Gasteiger partial charge in [0.25, 0.3) is 0 Å². The fraction of sp³-hybridized carbons (Fsp3) is 0.174. The number of rotatable bonds is 4. The number of ether oxygens (including phenoxy) is 1. The van der Waals surface area contributed by atoms with Crippen LogP contribution in [0.5, 0.6) is 0 Å². The van der Waals surface area contributed by atoms with Gasteiger partial charge in [0.15, 0.2) is 0 Å². The van der Waals surface area contributed by atoms with Crippen molar-refractivity contribution in [1.82, 2.24) is 0 Å². The van der Waals surface area contributed by atoms with E-state index in [1.165, 1.54) is 18.2 Å². The molecule has 1 aliphatic carbocycles. The summed E-state index contributed by atoms with van der Waals surface area (Å²) in [5.41, 5.74) is 2.69. The highest BCUT2D eigenvalue weighted by Gasteiger charge is 2.72. The number of carbonyl (C=O) groups is 1. The summed E-state index contributed by atoms with van der Waals surface area (Å²) in [5, 5.41) is 0. The highest BCUT2D eigenvalue weighted by atomic mass is 16.5. The molecule has 3 atom stereocenters. The van der Waals surface area contributed by atoms with Gasteiger partial charge in [-0.2, -0.15) is 0 Å². The van der Waals surface area contributed by atoms with Crippen LogP contribution in [-0.4, -0.2) is 13.1 Å². The second kappa shape index (κ2) is 6.21. The Morgan fingerprint density at radius 3 is 1.52 bits per heavy atom. The third-order valence-corrected chi connectivity index (χ3v) is 5.30. The molecule has 3 aromatic rings. The molecule has 4 rings (SSSR count). The Labute approximate surface area is 148 Å². The van der Waals surface area contributed by atoms with Crippen molar-refractivity contribution in [3.63, 3.8) is 0 Å². The van der Waals surface area contributed by atoms with Crippen molar-refractivity contribution in [2.45, 2.75) is 17.3 Å². The lowest BCUT2D eigenvalue weighted by Gasteiger charge is -2.17. The zero-order valence-corrected chi connectivity index (χ0v) is 14.1. The first kappa shape index (κ1) is 15.6. The van der Waals surface area contributed by atoms with Crippen LogP contribution in [0.2, 0.25) is 0 Å². The lowest BCUT2D eigenvalue weighted by Crippen LogP contribution is -2.25. The average Bonchev–Trinajstić information content (AvgIpc) is 3.41. The van der Waals surface area contributed by atoms with E-state index in [1.54, 1.807) is 0 Å². The molecular weight excluding hydrogens is 308 g/mol. The monoisotopic (exact) mass is 328 g/mol. The summed E-state index contributed by atoms with van der Waals surface area (Å²) in [5.74, 6) is -0.0155. The molecule has 2 nitrogen and oxygen atoms in total. The Kier molecular flexibility index (Phi) is 3.89. The van der Waals surface area contributed by atoms with Crippen molar-refractivity contribution >= 4 is 5.97 Å². The zero-order chi connectivity index (χ0) is 17.3. The maximum absolute atomic E-state index is 13.0. The molecule has 1 aliphatic rings. The van der Waals surface area contributed by atoms with E-state index in [2.05, 4.69) is 24.3 Å². The average molecular weight is 328 g/mol. The molecule has 0 N–H and O–H groups in total. The fourth-order valence-electron chi connectivity index (χ4n) is 4.23. The first-order chi connectivity index (χ1) is 12.3. The van der Waals surface area contributed by atoms with E-state index in [9.17, 15) is 4.79 Å². The number of methoxy groups -OCH3 is 1. The van der Waals surface area contributed by atoms with Crippen LogP contribution in [0.1, 0.15) is 28.5 Å². The molecule has 25 heavy (non-hydrogen) atoms. The SMILES string of the molecule is COC(=O)C1(c2ccccc2)[C@H](c2ccccc2)[C@@H]1c1ccccc1. The highest BCUT2D eigenvalue weighted by molar-refractivity contribution is 5.92. The number of hydrogen-bond donors (Lipinski definition) is 0. The van der Waals surface area contributed by atoms with E-state index in [0.29, 0.717) is 0 Å². The topological polar surface area (TPSA) is 26.3 Å².